The Bertz CT molecular complexity index is 372. The molecule has 1 aromatic heterocycles. The average molecular weight is 254 g/mol. The van der Waals surface area contributed by atoms with Gasteiger partial charge in [-0.3, -0.25) is 9.88 Å². The molecule has 2 rings (SSSR count). The number of aliphatic hydroxyl groups is 1. The van der Waals surface area contributed by atoms with Crippen molar-refractivity contribution >= 4 is 0 Å². The Morgan fingerprint density at radius 1 is 1.61 bits per heavy atom. The van der Waals surface area contributed by atoms with Crippen LogP contribution in [0.3, 0.4) is 0 Å². The first-order chi connectivity index (χ1) is 8.66. The van der Waals surface area contributed by atoms with Crippen LogP contribution < -0.4 is 0 Å². The number of nitrogens with zero attached hydrogens (tertiary/aromatic N) is 2. The third-order valence-electron chi connectivity index (χ3n) is 3.29. The monoisotopic (exact) mass is 254 g/mol. The van der Waals surface area contributed by atoms with Crippen LogP contribution in [-0.2, 0) is 4.74 Å². The lowest BCUT2D eigenvalue weighted by Gasteiger charge is -2.33. The quantitative estimate of drug-likeness (QED) is 0.881. The molecule has 1 fully saturated rings. The fourth-order valence-electron chi connectivity index (χ4n) is 2.11. The molecule has 0 bridgehead atoms. The first kappa shape index (κ1) is 13.4. The van der Waals surface area contributed by atoms with Crippen LogP contribution in [0.5, 0.6) is 0 Å². The van der Waals surface area contributed by atoms with Gasteiger partial charge in [-0.25, -0.2) is 4.39 Å². The highest BCUT2D eigenvalue weighted by molar-refractivity contribution is 5.07. The lowest BCUT2D eigenvalue weighted by molar-refractivity contribution is -0.00659. The van der Waals surface area contributed by atoms with Crippen LogP contribution in [0.2, 0.25) is 0 Å². The van der Waals surface area contributed by atoms with E-state index in [0.717, 1.165) is 32.5 Å². The molecular weight excluding hydrogens is 235 g/mol. The van der Waals surface area contributed by atoms with E-state index in [1.54, 1.807) is 0 Å². The molecule has 1 saturated heterocycles. The van der Waals surface area contributed by atoms with Crippen LogP contribution in [0.15, 0.2) is 18.3 Å². The molecular formula is C13H19FN2O2. The van der Waals surface area contributed by atoms with Crippen molar-refractivity contribution < 1.29 is 14.2 Å². The fourth-order valence-corrected chi connectivity index (χ4v) is 2.11. The minimum Gasteiger partial charge on any atom is -0.387 e. The summed E-state index contributed by atoms with van der Waals surface area (Å²) in [4.78, 5) is 6.18. The van der Waals surface area contributed by atoms with Crippen molar-refractivity contribution in [2.75, 3.05) is 26.3 Å². The standard InChI is InChI=1S/C13H19FN2O2/c1-10-9-18-7-6-16(10)5-4-13(17)12-3-2-11(14)8-15-12/h2-3,8,10,13,17H,4-7,9H2,1H3. The van der Waals surface area contributed by atoms with Gasteiger partial charge in [-0.1, -0.05) is 0 Å². The number of rotatable bonds is 4. The lowest BCUT2D eigenvalue weighted by atomic mass is 10.1. The second kappa shape index (κ2) is 6.22. The van der Waals surface area contributed by atoms with Crippen LogP contribution in [0.1, 0.15) is 25.1 Å². The van der Waals surface area contributed by atoms with Crippen molar-refractivity contribution in [2.24, 2.45) is 0 Å². The summed E-state index contributed by atoms with van der Waals surface area (Å²) < 4.78 is 18.1. The maximum Gasteiger partial charge on any atom is 0.141 e. The number of aromatic nitrogens is 1. The molecule has 1 N–H and O–H groups in total. The number of pyridine rings is 1. The molecule has 0 aromatic carbocycles. The van der Waals surface area contributed by atoms with E-state index in [1.807, 2.05) is 0 Å². The van der Waals surface area contributed by atoms with E-state index >= 15 is 0 Å². The van der Waals surface area contributed by atoms with Gasteiger partial charge in [0.25, 0.3) is 0 Å². The first-order valence-corrected chi connectivity index (χ1v) is 6.28. The van der Waals surface area contributed by atoms with Gasteiger partial charge < -0.3 is 9.84 Å². The zero-order chi connectivity index (χ0) is 13.0. The Hall–Kier alpha value is -1.04. The number of hydrogen-bond donors (Lipinski definition) is 1. The summed E-state index contributed by atoms with van der Waals surface area (Å²) in [6.45, 7) is 5.29. The van der Waals surface area contributed by atoms with Crippen LogP contribution in [-0.4, -0.2) is 47.3 Å². The molecule has 1 aliphatic heterocycles. The number of hydrogen-bond acceptors (Lipinski definition) is 4. The highest BCUT2D eigenvalue weighted by Crippen LogP contribution is 2.16. The number of morpholine rings is 1. The van der Waals surface area contributed by atoms with E-state index < -0.39 is 6.10 Å². The third-order valence-corrected chi connectivity index (χ3v) is 3.29. The maximum atomic E-state index is 12.7. The van der Waals surface area contributed by atoms with Gasteiger partial charge in [0, 0.05) is 19.1 Å². The van der Waals surface area contributed by atoms with Crippen LogP contribution in [0.25, 0.3) is 0 Å². The van der Waals surface area contributed by atoms with Gasteiger partial charge in [-0.15, -0.1) is 0 Å². The zero-order valence-corrected chi connectivity index (χ0v) is 10.6. The summed E-state index contributed by atoms with van der Waals surface area (Å²) in [6, 6.07) is 3.23. The van der Waals surface area contributed by atoms with Crippen molar-refractivity contribution in [3.8, 4) is 0 Å². The molecule has 2 heterocycles. The summed E-state index contributed by atoms with van der Waals surface area (Å²) in [5, 5.41) is 9.99. The molecule has 18 heavy (non-hydrogen) atoms. The summed E-state index contributed by atoms with van der Waals surface area (Å²) in [5.74, 6) is -0.382. The largest absolute Gasteiger partial charge is 0.387 e. The van der Waals surface area contributed by atoms with Gasteiger partial charge in [-0.05, 0) is 25.5 Å². The second-order valence-corrected chi connectivity index (χ2v) is 4.67. The number of halogens is 1. The number of ether oxygens (including phenoxy) is 1. The molecule has 0 saturated carbocycles. The Labute approximate surface area is 106 Å². The van der Waals surface area contributed by atoms with Gasteiger partial charge in [0.05, 0.1) is 31.2 Å². The smallest absolute Gasteiger partial charge is 0.141 e. The van der Waals surface area contributed by atoms with Crippen molar-refractivity contribution in [1.29, 1.82) is 0 Å². The summed E-state index contributed by atoms with van der Waals surface area (Å²) >= 11 is 0. The Morgan fingerprint density at radius 2 is 2.44 bits per heavy atom. The molecule has 1 aliphatic rings. The minimum absolute atomic E-state index is 0.382. The van der Waals surface area contributed by atoms with Crippen molar-refractivity contribution in [2.45, 2.75) is 25.5 Å². The highest BCUT2D eigenvalue weighted by atomic mass is 19.1. The predicted molar refractivity (Wildman–Crippen MR) is 65.6 cm³/mol. The predicted octanol–water partition coefficient (Wildman–Crippen LogP) is 1.36. The second-order valence-electron chi connectivity index (χ2n) is 4.67. The number of aliphatic hydroxyl groups excluding tert-OH is 1. The molecule has 0 spiro atoms. The van der Waals surface area contributed by atoms with E-state index in [4.69, 9.17) is 4.74 Å². The summed E-state index contributed by atoms with van der Waals surface area (Å²) in [5.41, 5.74) is 0.525. The van der Waals surface area contributed by atoms with E-state index in [0.29, 0.717) is 18.2 Å². The SMILES string of the molecule is CC1COCCN1CCC(O)c1ccc(F)cn1. The molecule has 4 nitrogen and oxygen atoms in total. The summed E-state index contributed by atoms with van der Waals surface area (Å²) in [6.07, 6.45) is 1.10. The normalized spacial score (nSPS) is 22.9. The van der Waals surface area contributed by atoms with Gasteiger partial charge in [0.15, 0.2) is 0 Å². The topological polar surface area (TPSA) is 45.6 Å². The van der Waals surface area contributed by atoms with Crippen LogP contribution in [0, 0.1) is 5.82 Å². The molecule has 5 heteroatoms. The van der Waals surface area contributed by atoms with Gasteiger partial charge >= 0.3 is 0 Å². The van der Waals surface area contributed by atoms with Crippen molar-refractivity contribution in [3.05, 3.63) is 29.8 Å². The van der Waals surface area contributed by atoms with E-state index in [2.05, 4.69) is 16.8 Å². The molecule has 100 valence electrons. The van der Waals surface area contributed by atoms with Crippen molar-refractivity contribution in [1.82, 2.24) is 9.88 Å². The molecule has 0 aliphatic carbocycles. The van der Waals surface area contributed by atoms with Gasteiger partial charge in [-0.2, -0.15) is 0 Å². The lowest BCUT2D eigenvalue weighted by Crippen LogP contribution is -2.44. The molecule has 2 unspecified atom stereocenters. The van der Waals surface area contributed by atoms with E-state index in [1.165, 1.54) is 12.1 Å². The minimum atomic E-state index is -0.638. The molecule has 0 radical (unpaired) electrons. The van der Waals surface area contributed by atoms with Gasteiger partial charge in [0.2, 0.25) is 0 Å². The van der Waals surface area contributed by atoms with Crippen molar-refractivity contribution in [3.63, 3.8) is 0 Å². The third kappa shape index (κ3) is 3.48. The molecule has 1 aromatic rings. The fraction of sp³-hybridized carbons (Fsp3) is 0.615. The highest BCUT2D eigenvalue weighted by Gasteiger charge is 2.20. The molecule has 2 atom stereocenters. The zero-order valence-electron chi connectivity index (χ0n) is 10.6. The first-order valence-electron chi connectivity index (χ1n) is 6.28. The van der Waals surface area contributed by atoms with Gasteiger partial charge in [0.1, 0.15) is 5.82 Å². The Kier molecular flexibility index (Phi) is 4.63. The Balaban J connectivity index is 1.83. The molecule has 0 amide bonds. The van der Waals surface area contributed by atoms with Crippen LogP contribution >= 0.6 is 0 Å². The Morgan fingerprint density at radius 3 is 3.11 bits per heavy atom. The van der Waals surface area contributed by atoms with Crippen LogP contribution in [0.4, 0.5) is 4.39 Å². The maximum absolute atomic E-state index is 12.7. The van der Waals surface area contributed by atoms with E-state index in [9.17, 15) is 9.50 Å². The summed E-state index contributed by atoms with van der Waals surface area (Å²) in [7, 11) is 0. The van der Waals surface area contributed by atoms with E-state index in [-0.39, 0.29) is 5.82 Å². The average Bonchev–Trinajstić information content (AvgIpc) is 2.38.